The Morgan fingerprint density at radius 1 is 1.00 bits per heavy atom. The van der Waals surface area contributed by atoms with Crippen LogP contribution in [0.1, 0.15) is 17.5 Å². The summed E-state index contributed by atoms with van der Waals surface area (Å²) < 4.78 is 0. The van der Waals surface area contributed by atoms with Crippen molar-refractivity contribution in [1.29, 1.82) is 0 Å². The molecule has 0 unspecified atom stereocenters. The molecule has 1 aromatic carbocycles. The average molecular weight is 311 g/mol. The van der Waals surface area contributed by atoms with Crippen LogP contribution in [0.5, 0.6) is 0 Å². The minimum atomic E-state index is 0.247. The number of aliphatic hydroxyl groups excluding tert-OH is 1. The number of aromatic nitrogens is 1. The Kier molecular flexibility index (Phi) is 5.75. The molecule has 1 N–H and O–H groups in total. The quantitative estimate of drug-likeness (QED) is 0.887. The fourth-order valence-corrected chi connectivity index (χ4v) is 3.30. The lowest BCUT2D eigenvalue weighted by atomic mass is 10.1. The van der Waals surface area contributed by atoms with Crippen LogP contribution < -0.4 is 0 Å². The van der Waals surface area contributed by atoms with Crippen LogP contribution in [-0.2, 0) is 13.1 Å². The van der Waals surface area contributed by atoms with Crippen LogP contribution in [0.15, 0.2) is 54.9 Å². The van der Waals surface area contributed by atoms with Crippen LogP contribution in [0.2, 0.25) is 0 Å². The third kappa shape index (κ3) is 4.61. The zero-order chi connectivity index (χ0) is 15.9. The van der Waals surface area contributed by atoms with Gasteiger partial charge in [-0.2, -0.15) is 0 Å². The van der Waals surface area contributed by atoms with Crippen molar-refractivity contribution in [3.05, 3.63) is 66.0 Å². The van der Waals surface area contributed by atoms with E-state index in [0.29, 0.717) is 6.04 Å². The number of aliphatic hydroxyl groups is 1. The first-order valence-electron chi connectivity index (χ1n) is 8.35. The lowest BCUT2D eigenvalue weighted by molar-refractivity contribution is 0.0499. The minimum absolute atomic E-state index is 0.247. The molecule has 0 radical (unpaired) electrons. The molecule has 1 atom stereocenters. The maximum absolute atomic E-state index is 9.42. The molecule has 2 heterocycles. The highest BCUT2D eigenvalue weighted by molar-refractivity contribution is 5.15. The van der Waals surface area contributed by atoms with Crippen LogP contribution in [0.3, 0.4) is 0 Å². The van der Waals surface area contributed by atoms with Crippen molar-refractivity contribution in [2.75, 3.05) is 26.2 Å². The number of piperazine rings is 1. The first-order valence-corrected chi connectivity index (χ1v) is 8.35. The van der Waals surface area contributed by atoms with Gasteiger partial charge in [-0.05, 0) is 23.6 Å². The average Bonchev–Trinajstić information content (AvgIpc) is 2.59. The first kappa shape index (κ1) is 16.1. The molecule has 0 spiro atoms. The molecule has 4 heteroatoms. The Labute approximate surface area is 138 Å². The van der Waals surface area contributed by atoms with Gasteiger partial charge in [-0.15, -0.1) is 0 Å². The Bertz CT molecular complexity index is 576. The summed E-state index contributed by atoms with van der Waals surface area (Å²) in [7, 11) is 0. The number of nitrogens with zero attached hydrogens (tertiary/aromatic N) is 3. The van der Waals surface area contributed by atoms with Gasteiger partial charge in [-0.25, -0.2) is 0 Å². The van der Waals surface area contributed by atoms with E-state index in [1.54, 1.807) is 0 Å². The van der Waals surface area contributed by atoms with Crippen molar-refractivity contribution < 1.29 is 5.11 Å². The zero-order valence-corrected chi connectivity index (χ0v) is 13.5. The maximum Gasteiger partial charge on any atom is 0.0446 e. The molecular formula is C19H25N3O. The lowest BCUT2D eigenvalue weighted by Gasteiger charge is -2.41. The largest absolute Gasteiger partial charge is 0.396 e. The van der Waals surface area contributed by atoms with E-state index in [2.05, 4.69) is 51.2 Å². The molecule has 23 heavy (non-hydrogen) atoms. The standard InChI is InChI=1S/C19H25N3O/c23-12-8-19-16-21(14-18-7-4-9-20-13-18)10-11-22(19)15-17-5-2-1-3-6-17/h1-7,9,13,19,23H,8,10-12,14-16H2/t19-/m1/s1. The Morgan fingerprint density at radius 3 is 2.57 bits per heavy atom. The van der Waals surface area contributed by atoms with Gasteiger partial charge in [-0.3, -0.25) is 14.8 Å². The Morgan fingerprint density at radius 2 is 1.83 bits per heavy atom. The molecule has 4 nitrogen and oxygen atoms in total. The zero-order valence-electron chi connectivity index (χ0n) is 13.5. The maximum atomic E-state index is 9.42. The highest BCUT2D eigenvalue weighted by Crippen LogP contribution is 2.18. The molecule has 0 aliphatic carbocycles. The predicted octanol–water partition coefficient (Wildman–Crippen LogP) is 2.15. The molecule has 1 aliphatic rings. The van der Waals surface area contributed by atoms with E-state index in [1.165, 1.54) is 11.1 Å². The van der Waals surface area contributed by atoms with Gasteiger partial charge in [0.1, 0.15) is 0 Å². The topological polar surface area (TPSA) is 39.6 Å². The van der Waals surface area contributed by atoms with Crippen molar-refractivity contribution in [2.45, 2.75) is 25.6 Å². The number of hydrogen-bond donors (Lipinski definition) is 1. The molecule has 1 aromatic heterocycles. The minimum Gasteiger partial charge on any atom is -0.396 e. The second kappa shape index (κ2) is 8.20. The van der Waals surface area contributed by atoms with Gasteiger partial charge < -0.3 is 5.11 Å². The first-order chi connectivity index (χ1) is 11.3. The number of pyridine rings is 1. The molecule has 0 amide bonds. The van der Waals surface area contributed by atoms with Crippen LogP contribution in [0, 0.1) is 0 Å². The summed E-state index contributed by atoms with van der Waals surface area (Å²) in [5, 5.41) is 9.42. The molecule has 0 saturated carbocycles. The van der Waals surface area contributed by atoms with Gasteiger partial charge >= 0.3 is 0 Å². The summed E-state index contributed by atoms with van der Waals surface area (Å²) in [6, 6.07) is 15.1. The SMILES string of the molecule is OCC[C@@H]1CN(Cc2cccnc2)CCN1Cc1ccccc1. The lowest BCUT2D eigenvalue weighted by Crippen LogP contribution is -2.52. The van der Waals surface area contributed by atoms with Crippen molar-refractivity contribution in [1.82, 2.24) is 14.8 Å². The molecule has 3 rings (SSSR count). The molecule has 1 aliphatic heterocycles. The predicted molar refractivity (Wildman–Crippen MR) is 91.9 cm³/mol. The van der Waals surface area contributed by atoms with Crippen molar-refractivity contribution in [3.8, 4) is 0 Å². The monoisotopic (exact) mass is 311 g/mol. The highest BCUT2D eigenvalue weighted by atomic mass is 16.3. The second-order valence-electron chi connectivity index (χ2n) is 6.22. The fourth-order valence-electron chi connectivity index (χ4n) is 3.30. The van der Waals surface area contributed by atoms with E-state index in [4.69, 9.17) is 0 Å². The van der Waals surface area contributed by atoms with E-state index in [0.717, 1.165) is 39.1 Å². The third-order valence-corrected chi connectivity index (χ3v) is 4.51. The summed E-state index contributed by atoms with van der Waals surface area (Å²) >= 11 is 0. The number of benzene rings is 1. The van der Waals surface area contributed by atoms with Gasteiger partial charge in [0.15, 0.2) is 0 Å². The molecule has 1 fully saturated rings. The number of hydrogen-bond acceptors (Lipinski definition) is 4. The molecule has 2 aromatic rings. The summed E-state index contributed by atoms with van der Waals surface area (Å²) in [6.07, 6.45) is 4.59. The Hall–Kier alpha value is -1.75. The van der Waals surface area contributed by atoms with E-state index in [1.807, 2.05) is 18.5 Å². The van der Waals surface area contributed by atoms with Gasteiger partial charge in [-0.1, -0.05) is 36.4 Å². The summed E-state index contributed by atoms with van der Waals surface area (Å²) in [6.45, 7) is 5.25. The van der Waals surface area contributed by atoms with E-state index in [9.17, 15) is 5.11 Å². The summed E-state index contributed by atoms with van der Waals surface area (Å²) in [4.78, 5) is 9.18. The van der Waals surface area contributed by atoms with Crippen molar-refractivity contribution in [3.63, 3.8) is 0 Å². The number of rotatable bonds is 6. The van der Waals surface area contributed by atoms with E-state index < -0.39 is 0 Å². The van der Waals surface area contributed by atoms with Crippen molar-refractivity contribution in [2.24, 2.45) is 0 Å². The molecule has 122 valence electrons. The summed E-state index contributed by atoms with van der Waals surface area (Å²) in [5.74, 6) is 0. The fraction of sp³-hybridized carbons (Fsp3) is 0.421. The van der Waals surface area contributed by atoms with Crippen LogP contribution >= 0.6 is 0 Å². The Balaban J connectivity index is 1.61. The van der Waals surface area contributed by atoms with Gasteiger partial charge in [0.05, 0.1) is 0 Å². The summed E-state index contributed by atoms with van der Waals surface area (Å²) in [5.41, 5.74) is 2.60. The molecule has 1 saturated heterocycles. The van der Waals surface area contributed by atoms with Crippen molar-refractivity contribution >= 4 is 0 Å². The third-order valence-electron chi connectivity index (χ3n) is 4.51. The van der Waals surface area contributed by atoms with Gasteiger partial charge in [0.25, 0.3) is 0 Å². The van der Waals surface area contributed by atoms with Crippen LogP contribution in [0.4, 0.5) is 0 Å². The van der Waals surface area contributed by atoms with E-state index >= 15 is 0 Å². The van der Waals surface area contributed by atoms with Crippen LogP contribution in [-0.4, -0.2) is 52.2 Å². The normalized spacial score (nSPS) is 19.8. The second-order valence-corrected chi connectivity index (χ2v) is 6.22. The molecule has 0 bridgehead atoms. The molecular weight excluding hydrogens is 286 g/mol. The highest BCUT2D eigenvalue weighted by Gasteiger charge is 2.26. The van der Waals surface area contributed by atoms with E-state index in [-0.39, 0.29) is 6.61 Å². The van der Waals surface area contributed by atoms with Crippen LogP contribution in [0.25, 0.3) is 0 Å². The smallest absolute Gasteiger partial charge is 0.0446 e. The van der Waals surface area contributed by atoms with Gasteiger partial charge in [0, 0.05) is 57.8 Å². The van der Waals surface area contributed by atoms with Gasteiger partial charge in [0.2, 0.25) is 0 Å².